The lowest BCUT2D eigenvalue weighted by atomic mass is 10.2. The Hall–Kier alpha value is -1.17. The second-order valence-electron chi connectivity index (χ2n) is 4.85. The largest absolute Gasteiger partial charge is 0.243 e. The lowest BCUT2D eigenvalue weighted by molar-refractivity contribution is 0.466. The zero-order valence-corrected chi connectivity index (χ0v) is 14.5. The molecule has 0 saturated heterocycles. The minimum absolute atomic E-state index is 0.328. The average Bonchev–Trinajstić information content (AvgIpc) is 2.49. The number of benzene rings is 2. The first kappa shape index (κ1) is 16.2. The Kier molecular flexibility index (Phi) is 5.19. The summed E-state index contributed by atoms with van der Waals surface area (Å²) in [6.45, 7) is 2.38. The number of hydrogen-bond acceptors (Lipinski definition) is 2. The molecule has 0 aromatic heterocycles. The topological polar surface area (TPSA) is 37.4 Å². The van der Waals surface area contributed by atoms with E-state index in [9.17, 15) is 8.42 Å². The fourth-order valence-corrected chi connectivity index (χ4v) is 3.59. The molecule has 2 rings (SSSR count). The van der Waals surface area contributed by atoms with Gasteiger partial charge in [0, 0.05) is 18.1 Å². The monoisotopic (exact) mass is 367 g/mol. The number of sulfonamides is 1. The third kappa shape index (κ3) is 3.73. The van der Waals surface area contributed by atoms with E-state index in [0.29, 0.717) is 11.4 Å². The lowest BCUT2D eigenvalue weighted by Crippen LogP contribution is -2.26. The zero-order valence-electron chi connectivity index (χ0n) is 12.1. The Morgan fingerprint density at radius 3 is 2.24 bits per heavy atom. The van der Waals surface area contributed by atoms with Gasteiger partial charge in [0.15, 0.2) is 0 Å². The highest BCUT2D eigenvalue weighted by atomic mass is 79.9. The molecule has 112 valence electrons. The number of aryl methyl sites for hydroxylation is 1. The van der Waals surface area contributed by atoms with Crippen molar-refractivity contribution in [2.75, 3.05) is 7.05 Å². The Morgan fingerprint density at radius 1 is 1.05 bits per heavy atom. The lowest BCUT2D eigenvalue weighted by Gasteiger charge is -2.18. The van der Waals surface area contributed by atoms with Gasteiger partial charge in [-0.25, -0.2) is 8.42 Å². The van der Waals surface area contributed by atoms with E-state index >= 15 is 0 Å². The Morgan fingerprint density at radius 2 is 1.67 bits per heavy atom. The van der Waals surface area contributed by atoms with Gasteiger partial charge in [0.1, 0.15) is 0 Å². The summed E-state index contributed by atoms with van der Waals surface area (Å²) < 4.78 is 27.4. The quantitative estimate of drug-likeness (QED) is 0.804. The van der Waals surface area contributed by atoms with E-state index in [1.165, 1.54) is 4.31 Å². The molecule has 0 spiro atoms. The average molecular weight is 368 g/mol. The van der Waals surface area contributed by atoms with Gasteiger partial charge in [-0.1, -0.05) is 53.2 Å². The molecular formula is C16H18BrNO2S. The highest BCUT2D eigenvalue weighted by Crippen LogP contribution is 2.21. The van der Waals surface area contributed by atoms with Crippen LogP contribution < -0.4 is 0 Å². The van der Waals surface area contributed by atoms with Gasteiger partial charge in [0.05, 0.1) is 4.90 Å². The molecule has 0 amide bonds. The van der Waals surface area contributed by atoms with Crippen LogP contribution in [0.4, 0.5) is 0 Å². The maximum atomic E-state index is 12.6. The maximum Gasteiger partial charge on any atom is 0.243 e. The Labute approximate surface area is 134 Å². The minimum atomic E-state index is -3.47. The van der Waals surface area contributed by atoms with Crippen LogP contribution in [0.3, 0.4) is 0 Å². The van der Waals surface area contributed by atoms with Crippen LogP contribution in [0.2, 0.25) is 0 Å². The summed E-state index contributed by atoms with van der Waals surface area (Å²) in [4.78, 5) is 0.328. The van der Waals surface area contributed by atoms with Crippen molar-refractivity contribution in [1.82, 2.24) is 4.31 Å². The van der Waals surface area contributed by atoms with Crippen molar-refractivity contribution >= 4 is 26.0 Å². The van der Waals surface area contributed by atoms with Crippen molar-refractivity contribution in [3.8, 4) is 0 Å². The van der Waals surface area contributed by atoms with Crippen molar-refractivity contribution in [2.24, 2.45) is 0 Å². The van der Waals surface area contributed by atoms with E-state index in [1.807, 2.05) is 43.3 Å². The molecule has 0 fully saturated rings. The molecule has 21 heavy (non-hydrogen) atoms. The van der Waals surface area contributed by atoms with Gasteiger partial charge in [-0.05, 0) is 35.7 Å². The zero-order chi connectivity index (χ0) is 15.5. The van der Waals surface area contributed by atoms with E-state index in [2.05, 4.69) is 15.9 Å². The van der Waals surface area contributed by atoms with Crippen molar-refractivity contribution in [2.45, 2.75) is 24.8 Å². The van der Waals surface area contributed by atoms with Gasteiger partial charge in [-0.2, -0.15) is 4.31 Å². The predicted octanol–water partition coefficient (Wildman–Crippen LogP) is 3.83. The number of hydrogen-bond donors (Lipinski definition) is 0. The molecule has 0 aliphatic rings. The molecular weight excluding hydrogens is 350 g/mol. The summed E-state index contributed by atoms with van der Waals surface area (Å²) in [5, 5.41) is 0. The summed E-state index contributed by atoms with van der Waals surface area (Å²) >= 11 is 3.45. The van der Waals surface area contributed by atoms with Gasteiger partial charge < -0.3 is 0 Å². The number of halogens is 1. The van der Waals surface area contributed by atoms with Crippen LogP contribution >= 0.6 is 15.9 Å². The van der Waals surface area contributed by atoms with Crippen molar-refractivity contribution < 1.29 is 8.42 Å². The second-order valence-corrected chi connectivity index (χ2v) is 7.75. The molecule has 0 aliphatic heterocycles. The highest BCUT2D eigenvalue weighted by molar-refractivity contribution is 9.10. The van der Waals surface area contributed by atoms with E-state index < -0.39 is 10.0 Å². The van der Waals surface area contributed by atoms with Crippen molar-refractivity contribution in [3.05, 3.63) is 64.1 Å². The molecule has 0 atom stereocenters. The first-order valence-corrected chi connectivity index (χ1v) is 8.97. The van der Waals surface area contributed by atoms with Crippen molar-refractivity contribution in [1.29, 1.82) is 0 Å². The molecule has 0 aliphatic carbocycles. The molecule has 3 nitrogen and oxygen atoms in total. The fourth-order valence-electron chi connectivity index (χ4n) is 2.03. The van der Waals surface area contributed by atoms with Crippen LogP contribution in [0.5, 0.6) is 0 Å². The highest BCUT2D eigenvalue weighted by Gasteiger charge is 2.21. The molecule has 0 saturated carbocycles. The third-order valence-electron chi connectivity index (χ3n) is 3.39. The van der Waals surface area contributed by atoms with Crippen LogP contribution in [0.25, 0.3) is 0 Å². The van der Waals surface area contributed by atoms with Gasteiger partial charge in [0.2, 0.25) is 10.0 Å². The van der Waals surface area contributed by atoms with E-state index in [4.69, 9.17) is 0 Å². The summed E-state index contributed by atoms with van der Waals surface area (Å²) in [5.74, 6) is 0. The van der Waals surface area contributed by atoms with Crippen LogP contribution in [0.1, 0.15) is 18.1 Å². The first-order valence-electron chi connectivity index (χ1n) is 6.74. The first-order chi connectivity index (χ1) is 9.95. The maximum absolute atomic E-state index is 12.6. The molecule has 0 unspecified atom stereocenters. The third-order valence-corrected chi connectivity index (χ3v) is 5.98. The van der Waals surface area contributed by atoms with Gasteiger partial charge in [-0.3, -0.25) is 0 Å². The molecule has 0 bridgehead atoms. The summed E-state index contributed by atoms with van der Waals surface area (Å²) in [6.07, 6.45) is 0.896. The van der Waals surface area contributed by atoms with Gasteiger partial charge in [0.25, 0.3) is 0 Å². The van der Waals surface area contributed by atoms with Gasteiger partial charge >= 0.3 is 0 Å². The minimum Gasteiger partial charge on any atom is -0.207 e. The molecule has 0 N–H and O–H groups in total. The predicted molar refractivity (Wildman–Crippen MR) is 88.6 cm³/mol. The van der Waals surface area contributed by atoms with Crippen LogP contribution in [-0.4, -0.2) is 19.8 Å². The molecule has 5 heteroatoms. The smallest absolute Gasteiger partial charge is 0.207 e. The van der Waals surface area contributed by atoms with Crippen molar-refractivity contribution in [3.63, 3.8) is 0 Å². The molecule has 2 aromatic carbocycles. The Balaban J connectivity index is 2.24. The number of nitrogens with zero attached hydrogens (tertiary/aromatic N) is 1. The summed E-state index contributed by atoms with van der Waals surface area (Å²) in [6, 6.07) is 14.7. The van der Waals surface area contributed by atoms with Crippen LogP contribution in [0.15, 0.2) is 57.9 Å². The van der Waals surface area contributed by atoms with E-state index in [-0.39, 0.29) is 0 Å². The van der Waals surface area contributed by atoms with Crippen LogP contribution in [-0.2, 0) is 23.0 Å². The Bertz CT molecular complexity index is 711. The number of rotatable bonds is 5. The normalized spacial score (nSPS) is 11.8. The van der Waals surface area contributed by atoms with E-state index in [1.54, 1.807) is 19.2 Å². The molecule has 0 heterocycles. The van der Waals surface area contributed by atoms with Gasteiger partial charge in [-0.15, -0.1) is 0 Å². The molecule has 2 aromatic rings. The van der Waals surface area contributed by atoms with E-state index in [0.717, 1.165) is 22.0 Å². The molecule has 0 radical (unpaired) electrons. The summed E-state index contributed by atoms with van der Waals surface area (Å²) in [5.41, 5.74) is 2.07. The summed E-state index contributed by atoms with van der Waals surface area (Å²) in [7, 11) is -1.87. The second kappa shape index (κ2) is 6.73. The standard InChI is InChI=1S/C16H18BrNO2S/c1-3-13-8-10-15(11-9-13)21(19,20)18(2)12-14-6-4-5-7-16(14)17/h4-11H,3,12H2,1-2H3. The fraction of sp³-hybridized carbons (Fsp3) is 0.250. The van der Waals surface area contributed by atoms with Crippen LogP contribution in [0, 0.1) is 0 Å². The SMILES string of the molecule is CCc1ccc(S(=O)(=O)N(C)Cc2ccccc2Br)cc1.